The molecule has 0 spiro atoms. The maximum absolute atomic E-state index is 10.6. The highest BCUT2D eigenvalue weighted by Crippen LogP contribution is 2.40. The van der Waals surface area contributed by atoms with E-state index in [9.17, 15) is 5.11 Å². The predicted molar refractivity (Wildman–Crippen MR) is 81.3 cm³/mol. The van der Waals surface area contributed by atoms with Gasteiger partial charge in [0.05, 0.1) is 5.60 Å². The van der Waals surface area contributed by atoms with E-state index in [-0.39, 0.29) is 0 Å². The first-order valence-electron chi connectivity index (χ1n) is 7.12. The summed E-state index contributed by atoms with van der Waals surface area (Å²) in [4.78, 5) is 0. The minimum atomic E-state index is -0.577. The molecule has 0 heterocycles. The molecule has 4 N–H and O–H groups in total. The first-order chi connectivity index (χ1) is 8.80. The molecule has 0 bridgehead atoms. The Morgan fingerprint density at radius 2 is 1.84 bits per heavy atom. The molecule has 1 aliphatic carbocycles. The van der Waals surface area contributed by atoms with E-state index in [1.807, 2.05) is 18.2 Å². The molecule has 106 valence electrons. The second-order valence-corrected chi connectivity index (χ2v) is 6.82. The van der Waals surface area contributed by atoms with Gasteiger partial charge in [0.1, 0.15) is 0 Å². The summed E-state index contributed by atoms with van der Waals surface area (Å²) in [7, 11) is 0. The van der Waals surface area contributed by atoms with Gasteiger partial charge in [0, 0.05) is 17.9 Å². The number of hydrogen-bond acceptors (Lipinski definition) is 3. The third kappa shape index (κ3) is 3.63. The zero-order valence-electron chi connectivity index (χ0n) is 12.3. The van der Waals surface area contributed by atoms with Crippen LogP contribution in [0.4, 0.5) is 11.4 Å². The van der Waals surface area contributed by atoms with Crippen molar-refractivity contribution in [1.29, 1.82) is 0 Å². The van der Waals surface area contributed by atoms with Crippen LogP contribution in [-0.2, 0) is 0 Å². The SMILES string of the molecule is Cc1ccc(N)cc1NCC1(O)CCC(C)(C)CC1. The molecule has 0 aromatic heterocycles. The Morgan fingerprint density at radius 3 is 2.47 bits per heavy atom. The largest absolute Gasteiger partial charge is 0.399 e. The molecule has 0 saturated heterocycles. The van der Waals surface area contributed by atoms with Crippen LogP contribution in [0.3, 0.4) is 0 Å². The molecule has 3 nitrogen and oxygen atoms in total. The fraction of sp³-hybridized carbons (Fsp3) is 0.625. The van der Waals surface area contributed by atoms with E-state index < -0.39 is 5.60 Å². The van der Waals surface area contributed by atoms with Crippen molar-refractivity contribution in [2.24, 2.45) is 5.41 Å². The van der Waals surface area contributed by atoms with E-state index in [4.69, 9.17) is 5.73 Å². The number of nitrogens with one attached hydrogen (secondary N) is 1. The zero-order chi connectivity index (χ0) is 14.1. The lowest BCUT2D eigenvalue weighted by Crippen LogP contribution is -2.42. The number of nitrogens with two attached hydrogens (primary N) is 1. The summed E-state index contributed by atoms with van der Waals surface area (Å²) >= 11 is 0. The van der Waals surface area contributed by atoms with Crippen molar-refractivity contribution in [2.45, 2.75) is 52.1 Å². The molecule has 2 rings (SSSR count). The average molecular weight is 262 g/mol. The lowest BCUT2D eigenvalue weighted by atomic mass is 9.71. The van der Waals surface area contributed by atoms with Crippen LogP contribution >= 0.6 is 0 Å². The average Bonchev–Trinajstić information content (AvgIpc) is 2.35. The minimum absolute atomic E-state index is 0.374. The van der Waals surface area contributed by atoms with Gasteiger partial charge in [-0.05, 0) is 55.7 Å². The molecular formula is C16H26N2O. The van der Waals surface area contributed by atoms with E-state index in [1.54, 1.807) is 0 Å². The van der Waals surface area contributed by atoms with Gasteiger partial charge in [0.2, 0.25) is 0 Å². The van der Waals surface area contributed by atoms with Gasteiger partial charge in [-0.15, -0.1) is 0 Å². The molecule has 1 aliphatic rings. The van der Waals surface area contributed by atoms with Crippen LogP contribution in [0.15, 0.2) is 18.2 Å². The smallest absolute Gasteiger partial charge is 0.0819 e. The van der Waals surface area contributed by atoms with Gasteiger partial charge in [-0.2, -0.15) is 0 Å². The summed E-state index contributed by atoms with van der Waals surface area (Å²) in [6.45, 7) is 7.22. The standard InChI is InChI=1S/C16H26N2O/c1-12-4-5-13(17)10-14(12)18-11-16(19)8-6-15(2,3)7-9-16/h4-5,10,18-19H,6-9,11,17H2,1-3H3. The van der Waals surface area contributed by atoms with Crippen LogP contribution in [0.2, 0.25) is 0 Å². The van der Waals surface area contributed by atoms with E-state index >= 15 is 0 Å². The number of benzene rings is 1. The summed E-state index contributed by atoms with van der Waals surface area (Å²) in [5, 5.41) is 14.0. The van der Waals surface area contributed by atoms with E-state index in [0.717, 1.165) is 42.6 Å². The summed E-state index contributed by atoms with van der Waals surface area (Å²) < 4.78 is 0. The zero-order valence-corrected chi connectivity index (χ0v) is 12.3. The van der Waals surface area contributed by atoms with Crippen molar-refractivity contribution >= 4 is 11.4 Å². The summed E-state index contributed by atoms with van der Waals surface area (Å²) in [5.41, 5.74) is 8.54. The number of hydrogen-bond donors (Lipinski definition) is 3. The topological polar surface area (TPSA) is 58.3 Å². The van der Waals surface area contributed by atoms with Crippen molar-refractivity contribution < 1.29 is 5.11 Å². The highest BCUT2D eigenvalue weighted by Gasteiger charge is 2.36. The molecule has 0 unspecified atom stereocenters. The molecule has 0 aliphatic heterocycles. The predicted octanol–water partition coefficient (Wildman–Crippen LogP) is 3.32. The number of aryl methyl sites for hydroxylation is 1. The van der Waals surface area contributed by atoms with Crippen LogP contribution in [-0.4, -0.2) is 17.3 Å². The molecular weight excluding hydrogens is 236 g/mol. The van der Waals surface area contributed by atoms with E-state index in [0.29, 0.717) is 12.0 Å². The monoisotopic (exact) mass is 262 g/mol. The van der Waals surface area contributed by atoms with Gasteiger partial charge < -0.3 is 16.2 Å². The van der Waals surface area contributed by atoms with Gasteiger partial charge in [-0.1, -0.05) is 19.9 Å². The van der Waals surface area contributed by atoms with Crippen LogP contribution in [0, 0.1) is 12.3 Å². The second-order valence-electron chi connectivity index (χ2n) is 6.82. The molecule has 1 aromatic rings. The van der Waals surface area contributed by atoms with Crippen LogP contribution in [0.25, 0.3) is 0 Å². The maximum atomic E-state index is 10.6. The van der Waals surface area contributed by atoms with Crippen molar-refractivity contribution in [3.8, 4) is 0 Å². The number of nitrogen functional groups attached to an aromatic ring is 1. The van der Waals surface area contributed by atoms with Crippen LogP contribution in [0.1, 0.15) is 45.1 Å². The molecule has 19 heavy (non-hydrogen) atoms. The number of rotatable bonds is 3. The van der Waals surface area contributed by atoms with Gasteiger partial charge in [0.25, 0.3) is 0 Å². The Kier molecular flexibility index (Phi) is 3.77. The third-order valence-electron chi connectivity index (χ3n) is 4.40. The first kappa shape index (κ1) is 14.2. The normalized spacial score (nSPS) is 21.1. The van der Waals surface area contributed by atoms with Crippen molar-refractivity contribution in [3.05, 3.63) is 23.8 Å². The van der Waals surface area contributed by atoms with Gasteiger partial charge in [-0.25, -0.2) is 0 Å². The Morgan fingerprint density at radius 1 is 1.21 bits per heavy atom. The highest BCUT2D eigenvalue weighted by molar-refractivity contribution is 5.59. The lowest BCUT2D eigenvalue weighted by Gasteiger charge is -2.40. The Labute approximate surface area is 116 Å². The van der Waals surface area contributed by atoms with Gasteiger partial charge >= 0.3 is 0 Å². The summed E-state index contributed by atoms with van der Waals surface area (Å²) in [5.74, 6) is 0. The Balaban J connectivity index is 1.97. The molecule has 0 atom stereocenters. The highest BCUT2D eigenvalue weighted by atomic mass is 16.3. The minimum Gasteiger partial charge on any atom is -0.399 e. The summed E-state index contributed by atoms with van der Waals surface area (Å²) in [6.07, 6.45) is 3.91. The lowest BCUT2D eigenvalue weighted by molar-refractivity contribution is -0.0145. The van der Waals surface area contributed by atoms with Crippen molar-refractivity contribution in [3.63, 3.8) is 0 Å². The van der Waals surface area contributed by atoms with Crippen molar-refractivity contribution in [1.82, 2.24) is 0 Å². The molecule has 1 saturated carbocycles. The molecule has 0 amide bonds. The molecule has 1 aromatic carbocycles. The van der Waals surface area contributed by atoms with E-state index in [1.165, 1.54) is 0 Å². The number of aliphatic hydroxyl groups is 1. The fourth-order valence-corrected chi connectivity index (χ4v) is 2.66. The van der Waals surface area contributed by atoms with Crippen molar-refractivity contribution in [2.75, 3.05) is 17.6 Å². The maximum Gasteiger partial charge on any atom is 0.0819 e. The quantitative estimate of drug-likeness (QED) is 0.732. The Bertz CT molecular complexity index is 444. The van der Waals surface area contributed by atoms with Gasteiger partial charge in [-0.3, -0.25) is 0 Å². The number of anilines is 2. The molecule has 0 radical (unpaired) electrons. The van der Waals surface area contributed by atoms with Crippen LogP contribution in [0.5, 0.6) is 0 Å². The molecule has 1 fully saturated rings. The Hall–Kier alpha value is -1.22. The van der Waals surface area contributed by atoms with E-state index in [2.05, 4.69) is 26.1 Å². The fourth-order valence-electron chi connectivity index (χ4n) is 2.66. The summed E-state index contributed by atoms with van der Waals surface area (Å²) in [6, 6.07) is 5.84. The second kappa shape index (κ2) is 5.04. The third-order valence-corrected chi connectivity index (χ3v) is 4.40. The van der Waals surface area contributed by atoms with Crippen LogP contribution < -0.4 is 11.1 Å². The molecule has 3 heteroatoms. The van der Waals surface area contributed by atoms with Gasteiger partial charge in [0.15, 0.2) is 0 Å². The first-order valence-corrected chi connectivity index (χ1v) is 7.12.